The molecule has 0 saturated carbocycles. The van der Waals surface area contributed by atoms with Crippen molar-refractivity contribution in [3.8, 4) is 0 Å². The molecule has 0 unspecified atom stereocenters. The molecule has 0 atom stereocenters. The molecule has 2 aromatic rings. The van der Waals surface area contributed by atoms with Crippen LogP contribution < -0.4 is 10.6 Å². The van der Waals surface area contributed by atoms with Gasteiger partial charge in [0.15, 0.2) is 0 Å². The molecule has 108 valence electrons. The Balaban J connectivity index is 0.00000200. The van der Waals surface area contributed by atoms with Crippen LogP contribution in [-0.2, 0) is 13.6 Å². The van der Waals surface area contributed by atoms with Gasteiger partial charge in [-0.25, -0.2) is 0 Å². The molecule has 0 aliphatic rings. The molecule has 5 nitrogen and oxygen atoms in total. The van der Waals surface area contributed by atoms with Gasteiger partial charge in [-0.05, 0) is 37.7 Å². The molecular weight excluding hydrogens is 276 g/mol. The van der Waals surface area contributed by atoms with Crippen LogP contribution in [0.3, 0.4) is 0 Å². The van der Waals surface area contributed by atoms with Gasteiger partial charge in [0, 0.05) is 19.3 Å². The van der Waals surface area contributed by atoms with E-state index in [1.165, 1.54) is 0 Å². The van der Waals surface area contributed by atoms with E-state index in [9.17, 15) is 4.79 Å². The Labute approximate surface area is 124 Å². The van der Waals surface area contributed by atoms with E-state index in [1.807, 2.05) is 38.2 Å². The highest BCUT2D eigenvalue weighted by Crippen LogP contribution is 2.12. The topological polar surface area (TPSA) is 58.9 Å². The van der Waals surface area contributed by atoms with Crippen LogP contribution in [0, 0.1) is 6.92 Å². The molecule has 0 radical (unpaired) electrons. The molecule has 0 spiro atoms. The van der Waals surface area contributed by atoms with Gasteiger partial charge in [0.25, 0.3) is 5.91 Å². The fraction of sp³-hybridized carbons (Fsp3) is 0.286. The van der Waals surface area contributed by atoms with E-state index in [4.69, 9.17) is 0 Å². The zero-order valence-electron chi connectivity index (χ0n) is 11.8. The molecule has 0 aliphatic carbocycles. The number of anilines is 1. The summed E-state index contributed by atoms with van der Waals surface area (Å²) in [5.41, 5.74) is 3.30. The summed E-state index contributed by atoms with van der Waals surface area (Å²) in [5, 5.41) is 10.1. The van der Waals surface area contributed by atoms with Crippen molar-refractivity contribution in [2.45, 2.75) is 13.5 Å². The first kappa shape index (κ1) is 16.2. The maximum absolute atomic E-state index is 12.1. The summed E-state index contributed by atoms with van der Waals surface area (Å²) >= 11 is 0. The van der Waals surface area contributed by atoms with Crippen LogP contribution in [0.15, 0.2) is 30.3 Å². The number of hydrogen-bond donors (Lipinski definition) is 2. The summed E-state index contributed by atoms with van der Waals surface area (Å²) in [4.78, 5) is 12.1. The van der Waals surface area contributed by atoms with Crippen molar-refractivity contribution < 1.29 is 4.79 Å². The second-order valence-electron chi connectivity index (χ2n) is 4.48. The van der Waals surface area contributed by atoms with Crippen molar-refractivity contribution in [3.05, 3.63) is 47.3 Å². The molecule has 0 bridgehead atoms. The lowest BCUT2D eigenvalue weighted by Crippen LogP contribution is -2.16. The third kappa shape index (κ3) is 3.82. The third-order valence-corrected chi connectivity index (χ3v) is 2.80. The second-order valence-corrected chi connectivity index (χ2v) is 4.48. The van der Waals surface area contributed by atoms with Crippen LogP contribution in [0.5, 0.6) is 0 Å². The Kier molecular flexibility index (Phi) is 5.73. The van der Waals surface area contributed by atoms with Crippen molar-refractivity contribution in [3.63, 3.8) is 0 Å². The zero-order chi connectivity index (χ0) is 13.8. The van der Waals surface area contributed by atoms with Crippen LogP contribution in [0.4, 0.5) is 5.69 Å². The number of halogens is 1. The number of benzene rings is 1. The number of aromatic nitrogens is 2. The Morgan fingerprint density at radius 2 is 2.10 bits per heavy atom. The minimum absolute atomic E-state index is 0. The average Bonchev–Trinajstić information content (AvgIpc) is 2.69. The standard InChI is InChI=1S/C14H18N4O.ClH/c1-10-7-13(18(3)17-10)14(19)16-12-6-4-5-11(8-12)9-15-2;/h4-8,15H,9H2,1-3H3,(H,16,19);1H. The van der Waals surface area contributed by atoms with Gasteiger partial charge in [-0.2, -0.15) is 5.10 Å². The number of hydrogen-bond acceptors (Lipinski definition) is 3. The van der Waals surface area contributed by atoms with E-state index in [0.29, 0.717) is 5.69 Å². The fourth-order valence-electron chi connectivity index (χ4n) is 1.98. The van der Waals surface area contributed by atoms with Gasteiger partial charge in [-0.3, -0.25) is 9.48 Å². The molecule has 0 fully saturated rings. The molecule has 1 heterocycles. The maximum Gasteiger partial charge on any atom is 0.273 e. The van der Waals surface area contributed by atoms with Gasteiger partial charge in [0.2, 0.25) is 0 Å². The van der Waals surface area contributed by atoms with Crippen LogP contribution in [0.2, 0.25) is 0 Å². The summed E-state index contributed by atoms with van der Waals surface area (Å²) in [7, 11) is 3.66. The molecule has 2 rings (SSSR count). The van der Waals surface area contributed by atoms with E-state index in [2.05, 4.69) is 15.7 Å². The molecular formula is C14H19ClN4O. The first-order valence-electron chi connectivity index (χ1n) is 6.15. The quantitative estimate of drug-likeness (QED) is 0.908. The first-order chi connectivity index (χ1) is 9.10. The summed E-state index contributed by atoms with van der Waals surface area (Å²) in [6, 6.07) is 9.54. The largest absolute Gasteiger partial charge is 0.321 e. The van der Waals surface area contributed by atoms with Crippen molar-refractivity contribution in [1.29, 1.82) is 0 Å². The minimum Gasteiger partial charge on any atom is -0.321 e. The van der Waals surface area contributed by atoms with Crippen molar-refractivity contribution in [2.24, 2.45) is 7.05 Å². The van der Waals surface area contributed by atoms with Gasteiger partial charge in [-0.1, -0.05) is 12.1 Å². The maximum atomic E-state index is 12.1. The van der Waals surface area contributed by atoms with Crippen molar-refractivity contribution in [2.75, 3.05) is 12.4 Å². The smallest absolute Gasteiger partial charge is 0.273 e. The minimum atomic E-state index is -0.148. The Bertz CT molecular complexity index is 595. The lowest BCUT2D eigenvalue weighted by Gasteiger charge is -2.07. The summed E-state index contributed by atoms with van der Waals surface area (Å²) in [5.74, 6) is -0.148. The van der Waals surface area contributed by atoms with E-state index < -0.39 is 0 Å². The third-order valence-electron chi connectivity index (χ3n) is 2.80. The lowest BCUT2D eigenvalue weighted by molar-refractivity contribution is 0.101. The van der Waals surface area contributed by atoms with E-state index in [-0.39, 0.29) is 18.3 Å². The van der Waals surface area contributed by atoms with Crippen LogP contribution >= 0.6 is 12.4 Å². The summed E-state index contributed by atoms with van der Waals surface area (Å²) in [6.45, 7) is 2.64. The highest BCUT2D eigenvalue weighted by molar-refractivity contribution is 6.03. The van der Waals surface area contributed by atoms with Gasteiger partial charge in [-0.15, -0.1) is 12.4 Å². The van der Waals surface area contributed by atoms with Gasteiger partial charge in [0.05, 0.1) is 5.69 Å². The predicted molar refractivity (Wildman–Crippen MR) is 82.4 cm³/mol. The number of carbonyl (C=O) groups is 1. The van der Waals surface area contributed by atoms with Gasteiger partial charge >= 0.3 is 0 Å². The Morgan fingerprint density at radius 3 is 2.70 bits per heavy atom. The van der Waals surface area contributed by atoms with Crippen LogP contribution in [-0.4, -0.2) is 22.7 Å². The molecule has 2 N–H and O–H groups in total. The summed E-state index contributed by atoms with van der Waals surface area (Å²) in [6.07, 6.45) is 0. The van der Waals surface area contributed by atoms with E-state index in [0.717, 1.165) is 23.5 Å². The first-order valence-corrected chi connectivity index (χ1v) is 6.15. The van der Waals surface area contributed by atoms with E-state index >= 15 is 0 Å². The average molecular weight is 295 g/mol. The van der Waals surface area contributed by atoms with Crippen molar-refractivity contribution >= 4 is 24.0 Å². The Hall–Kier alpha value is -1.85. The summed E-state index contributed by atoms with van der Waals surface area (Å²) < 4.78 is 1.59. The number of nitrogens with one attached hydrogen (secondary N) is 2. The molecule has 0 saturated heterocycles. The highest BCUT2D eigenvalue weighted by Gasteiger charge is 2.11. The highest BCUT2D eigenvalue weighted by atomic mass is 35.5. The number of amides is 1. The predicted octanol–water partition coefficient (Wildman–Crippen LogP) is 2.12. The van der Waals surface area contributed by atoms with Crippen molar-refractivity contribution in [1.82, 2.24) is 15.1 Å². The number of rotatable bonds is 4. The SMILES string of the molecule is CNCc1cccc(NC(=O)c2cc(C)nn2C)c1.Cl. The fourth-order valence-corrected chi connectivity index (χ4v) is 1.98. The molecule has 20 heavy (non-hydrogen) atoms. The monoisotopic (exact) mass is 294 g/mol. The second kappa shape index (κ2) is 7.07. The molecule has 1 aromatic carbocycles. The number of carbonyl (C=O) groups excluding carboxylic acids is 1. The molecule has 6 heteroatoms. The molecule has 1 amide bonds. The molecule has 1 aromatic heterocycles. The normalized spacial score (nSPS) is 9.95. The zero-order valence-corrected chi connectivity index (χ0v) is 12.6. The lowest BCUT2D eigenvalue weighted by atomic mass is 10.2. The van der Waals surface area contributed by atoms with Gasteiger partial charge in [0.1, 0.15) is 5.69 Å². The Morgan fingerprint density at radius 1 is 1.35 bits per heavy atom. The van der Waals surface area contributed by atoms with E-state index in [1.54, 1.807) is 17.8 Å². The number of nitrogens with zero attached hydrogens (tertiary/aromatic N) is 2. The molecule has 0 aliphatic heterocycles. The van der Waals surface area contributed by atoms with Crippen LogP contribution in [0.1, 0.15) is 21.7 Å². The van der Waals surface area contributed by atoms with Gasteiger partial charge < -0.3 is 10.6 Å². The van der Waals surface area contributed by atoms with Crippen LogP contribution in [0.25, 0.3) is 0 Å². The number of aryl methyl sites for hydroxylation is 2.